The second kappa shape index (κ2) is 6.29. The highest BCUT2D eigenvalue weighted by Crippen LogP contribution is 2.27. The van der Waals surface area contributed by atoms with Crippen LogP contribution in [0.25, 0.3) is 10.9 Å². The van der Waals surface area contributed by atoms with E-state index < -0.39 is 0 Å². The van der Waals surface area contributed by atoms with E-state index in [2.05, 4.69) is 13.0 Å². The zero-order valence-electron chi connectivity index (χ0n) is 14.0. The van der Waals surface area contributed by atoms with Gasteiger partial charge in [-0.1, -0.05) is 48.0 Å². The number of hydrogen-bond acceptors (Lipinski definition) is 1. The van der Waals surface area contributed by atoms with Crippen molar-refractivity contribution in [3.63, 3.8) is 0 Å². The molecule has 0 fully saturated rings. The summed E-state index contributed by atoms with van der Waals surface area (Å²) in [7, 11) is 0. The number of hydrogen-bond donors (Lipinski definition) is 0. The molecule has 0 bridgehead atoms. The van der Waals surface area contributed by atoms with Gasteiger partial charge in [0, 0.05) is 11.6 Å². The minimum atomic E-state index is -0.101. The number of nitrogens with zero attached hydrogens (tertiary/aromatic N) is 2. The minimum absolute atomic E-state index is 0.101. The van der Waals surface area contributed by atoms with Crippen LogP contribution < -0.4 is 4.90 Å². The maximum Gasteiger partial charge on any atom is 0.337 e. The van der Waals surface area contributed by atoms with E-state index in [0.717, 1.165) is 22.3 Å². The number of carbonyl (C=O) groups is 1. The fraction of sp³-hybridized carbons (Fsp3) is 0.0455. The zero-order chi connectivity index (χ0) is 17.2. The Kier molecular flexibility index (Phi) is 3.82. The summed E-state index contributed by atoms with van der Waals surface area (Å²) in [4.78, 5) is 15.1. The van der Waals surface area contributed by atoms with Crippen LogP contribution in [0.2, 0.25) is 0 Å². The van der Waals surface area contributed by atoms with Crippen LogP contribution in [-0.2, 0) is 0 Å². The van der Waals surface area contributed by atoms with Gasteiger partial charge in [0.1, 0.15) is 0 Å². The Morgan fingerprint density at radius 2 is 1.40 bits per heavy atom. The van der Waals surface area contributed by atoms with E-state index in [1.54, 1.807) is 9.47 Å². The highest BCUT2D eigenvalue weighted by atomic mass is 16.2. The number of benzene rings is 3. The summed E-state index contributed by atoms with van der Waals surface area (Å²) in [5.41, 5.74) is 3.77. The average molecular weight is 326 g/mol. The Morgan fingerprint density at radius 3 is 2.00 bits per heavy atom. The van der Waals surface area contributed by atoms with Gasteiger partial charge in [0.15, 0.2) is 0 Å². The molecule has 1 heterocycles. The van der Waals surface area contributed by atoms with Crippen LogP contribution in [0, 0.1) is 6.92 Å². The molecule has 1 amide bonds. The molecule has 0 atom stereocenters. The van der Waals surface area contributed by atoms with Crippen LogP contribution in [0.5, 0.6) is 0 Å². The predicted molar refractivity (Wildman–Crippen MR) is 102 cm³/mol. The predicted octanol–water partition coefficient (Wildman–Crippen LogP) is 5.76. The lowest BCUT2D eigenvalue weighted by atomic mass is 10.2. The van der Waals surface area contributed by atoms with Gasteiger partial charge in [-0.15, -0.1) is 0 Å². The molecule has 122 valence electrons. The van der Waals surface area contributed by atoms with Gasteiger partial charge in [-0.2, -0.15) is 0 Å². The van der Waals surface area contributed by atoms with Crippen molar-refractivity contribution in [2.24, 2.45) is 0 Å². The highest BCUT2D eigenvalue weighted by Gasteiger charge is 2.20. The molecule has 1 aromatic heterocycles. The number of amides is 1. The third kappa shape index (κ3) is 2.81. The van der Waals surface area contributed by atoms with Gasteiger partial charge in [0.2, 0.25) is 0 Å². The number of para-hydroxylation sites is 2. The van der Waals surface area contributed by atoms with E-state index in [4.69, 9.17) is 0 Å². The summed E-state index contributed by atoms with van der Waals surface area (Å²) in [6.45, 7) is 2.05. The van der Waals surface area contributed by atoms with Crippen molar-refractivity contribution in [3.8, 4) is 0 Å². The van der Waals surface area contributed by atoms with Crippen molar-refractivity contribution in [1.29, 1.82) is 0 Å². The molecular weight excluding hydrogens is 308 g/mol. The first-order valence-electron chi connectivity index (χ1n) is 8.26. The molecule has 25 heavy (non-hydrogen) atoms. The van der Waals surface area contributed by atoms with Gasteiger partial charge in [-0.25, -0.2) is 4.79 Å². The van der Waals surface area contributed by atoms with Crippen molar-refractivity contribution < 1.29 is 4.79 Å². The van der Waals surface area contributed by atoms with Gasteiger partial charge >= 0.3 is 6.03 Å². The molecule has 0 N–H and O–H groups in total. The van der Waals surface area contributed by atoms with Crippen LogP contribution >= 0.6 is 0 Å². The monoisotopic (exact) mass is 326 g/mol. The van der Waals surface area contributed by atoms with Gasteiger partial charge in [-0.3, -0.25) is 9.47 Å². The number of fused-ring (bicyclic) bond motifs is 1. The number of aromatic nitrogens is 1. The Labute approximate surface area is 146 Å². The molecule has 4 aromatic rings. The smallest absolute Gasteiger partial charge is 0.269 e. The Hall–Kier alpha value is -3.33. The fourth-order valence-corrected chi connectivity index (χ4v) is 3.06. The molecule has 0 spiro atoms. The van der Waals surface area contributed by atoms with E-state index in [1.807, 2.05) is 85.1 Å². The SMILES string of the molecule is Cc1ccc2c(ccn2C(=O)N(c2ccccc2)c2ccccc2)c1. The van der Waals surface area contributed by atoms with Gasteiger partial charge < -0.3 is 0 Å². The fourth-order valence-electron chi connectivity index (χ4n) is 3.06. The minimum Gasteiger partial charge on any atom is -0.269 e. The number of carbonyl (C=O) groups excluding carboxylic acids is 1. The van der Waals surface area contributed by atoms with Crippen LogP contribution in [0.15, 0.2) is 91.1 Å². The van der Waals surface area contributed by atoms with E-state index in [-0.39, 0.29) is 6.03 Å². The normalized spacial score (nSPS) is 10.8. The second-order valence-corrected chi connectivity index (χ2v) is 6.04. The molecule has 0 unspecified atom stereocenters. The average Bonchev–Trinajstić information content (AvgIpc) is 3.06. The zero-order valence-corrected chi connectivity index (χ0v) is 14.0. The molecule has 3 nitrogen and oxygen atoms in total. The van der Waals surface area contributed by atoms with E-state index in [1.165, 1.54) is 5.56 Å². The van der Waals surface area contributed by atoms with Crippen LogP contribution in [0.1, 0.15) is 5.56 Å². The van der Waals surface area contributed by atoms with E-state index in [0.29, 0.717) is 0 Å². The maximum atomic E-state index is 13.4. The lowest BCUT2D eigenvalue weighted by Crippen LogP contribution is -2.30. The first-order valence-corrected chi connectivity index (χ1v) is 8.26. The number of aryl methyl sites for hydroxylation is 1. The molecular formula is C22H18N2O. The summed E-state index contributed by atoms with van der Waals surface area (Å²) in [5.74, 6) is 0. The third-order valence-electron chi connectivity index (χ3n) is 4.27. The molecule has 3 aromatic carbocycles. The molecule has 0 aliphatic heterocycles. The first-order chi connectivity index (χ1) is 12.2. The lowest BCUT2D eigenvalue weighted by molar-refractivity contribution is 0.251. The summed E-state index contributed by atoms with van der Waals surface area (Å²) >= 11 is 0. The molecule has 3 heteroatoms. The number of rotatable bonds is 2. The quantitative estimate of drug-likeness (QED) is 0.460. The van der Waals surface area contributed by atoms with Gasteiger partial charge in [-0.05, 0) is 49.4 Å². The van der Waals surface area contributed by atoms with Crippen molar-refractivity contribution >= 4 is 28.3 Å². The second-order valence-electron chi connectivity index (χ2n) is 6.04. The van der Waals surface area contributed by atoms with Crippen molar-refractivity contribution in [3.05, 3.63) is 96.7 Å². The summed E-state index contributed by atoms with van der Waals surface area (Å²) < 4.78 is 1.70. The van der Waals surface area contributed by atoms with Crippen LogP contribution in [0.3, 0.4) is 0 Å². The molecule has 0 radical (unpaired) electrons. The molecule has 0 saturated carbocycles. The largest absolute Gasteiger partial charge is 0.337 e. The van der Waals surface area contributed by atoms with Crippen molar-refractivity contribution in [2.75, 3.05) is 4.90 Å². The summed E-state index contributed by atoms with van der Waals surface area (Å²) in [5, 5.41) is 1.06. The van der Waals surface area contributed by atoms with Crippen molar-refractivity contribution in [2.45, 2.75) is 6.92 Å². The Morgan fingerprint density at radius 1 is 0.800 bits per heavy atom. The molecule has 0 saturated heterocycles. The highest BCUT2D eigenvalue weighted by molar-refractivity contribution is 6.05. The lowest BCUT2D eigenvalue weighted by Gasteiger charge is -2.23. The van der Waals surface area contributed by atoms with Gasteiger partial charge in [0.25, 0.3) is 0 Å². The van der Waals surface area contributed by atoms with Crippen LogP contribution in [0.4, 0.5) is 16.2 Å². The maximum absolute atomic E-state index is 13.4. The first kappa shape index (κ1) is 15.2. The van der Waals surface area contributed by atoms with Crippen molar-refractivity contribution in [1.82, 2.24) is 4.57 Å². The van der Waals surface area contributed by atoms with E-state index in [9.17, 15) is 4.79 Å². The summed E-state index contributed by atoms with van der Waals surface area (Å²) in [6.07, 6.45) is 1.84. The molecule has 0 aliphatic carbocycles. The molecule has 0 aliphatic rings. The van der Waals surface area contributed by atoms with Gasteiger partial charge in [0.05, 0.1) is 16.9 Å². The number of anilines is 2. The third-order valence-corrected chi connectivity index (χ3v) is 4.27. The summed E-state index contributed by atoms with van der Waals surface area (Å²) in [6, 6.07) is 27.4. The van der Waals surface area contributed by atoms with Crippen LogP contribution in [-0.4, -0.2) is 10.6 Å². The Bertz CT molecular complexity index is 980. The Balaban J connectivity index is 1.85. The molecule has 4 rings (SSSR count). The van der Waals surface area contributed by atoms with E-state index >= 15 is 0 Å². The topological polar surface area (TPSA) is 25.2 Å². The standard InChI is InChI=1S/C22H18N2O/c1-17-12-13-21-18(16-17)14-15-23(21)22(25)24(19-8-4-2-5-9-19)20-10-6-3-7-11-20/h2-16H,1H3.